The number of fused-ring (bicyclic) bond motifs is 1. The van der Waals surface area contributed by atoms with Crippen molar-refractivity contribution in [2.45, 2.75) is 120 Å². The summed E-state index contributed by atoms with van der Waals surface area (Å²) >= 11 is 0. The Kier molecular flexibility index (Phi) is 9.92. The Morgan fingerprint density at radius 2 is 1.73 bits per heavy atom. The van der Waals surface area contributed by atoms with E-state index in [1.54, 1.807) is 12.3 Å². The molecule has 3 fully saturated rings. The summed E-state index contributed by atoms with van der Waals surface area (Å²) in [6, 6.07) is 18.0. The van der Waals surface area contributed by atoms with E-state index in [4.69, 9.17) is 4.74 Å². The molecular weight excluding hydrogens is 600 g/mol. The van der Waals surface area contributed by atoms with Crippen molar-refractivity contribution in [2.75, 3.05) is 24.5 Å². The third kappa shape index (κ3) is 7.06. The fraction of sp³-hybridized carbons (Fsp3) is 0.550. The van der Waals surface area contributed by atoms with Crippen LogP contribution in [0.15, 0.2) is 65.6 Å². The van der Waals surface area contributed by atoms with Gasteiger partial charge in [0.25, 0.3) is 11.5 Å². The maximum atomic E-state index is 14.1. The van der Waals surface area contributed by atoms with Gasteiger partial charge >= 0.3 is 0 Å². The van der Waals surface area contributed by atoms with Crippen molar-refractivity contribution in [3.63, 3.8) is 0 Å². The number of anilines is 1. The number of benzene rings is 2. The number of aromatic nitrogens is 1. The average molecular weight is 653 g/mol. The van der Waals surface area contributed by atoms with Gasteiger partial charge in [0, 0.05) is 49.9 Å². The predicted molar refractivity (Wildman–Crippen MR) is 190 cm³/mol. The van der Waals surface area contributed by atoms with Gasteiger partial charge in [0.15, 0.2) is 0 Å². The largest absolute Gasteiger partial charge is 0.487 e. The van der Waals surface area contributed by atoms with Crippen molar-refractivity contribution in [3.05, 3.63) is 93.4 Å². The molecule has 1 unspecified atom stereocenters. The predicted octanol–water partition coefficient (Wildman–Crippen LogP) is 6.25. The molecule has 3 atom stereocenters. The fourth-order valence-electron chi connectivity index (χ4n) is 8.61. The minimum absolute atomic E-state index is 0.00780. The Labute approximate surface area is 284 Å². The maximum Gasteiger partial charge on any atom is 0.274 e. The lowest BCUT2D eigenvalue weighted by Gasteiger charge is -2.41. The zero-order chi connectivity index (χ0) is 33.1. The van der Waals surface area contributed by atoms with Gasteiger partial charge in [0.2, 0.25) is 0 Å². The van der Waals surface area contributed by atoms with Crippen LogP contribution >= 0.6 is 0 Å². The topological polar surface area (TPSA) is 95.8 Å². The van der Waals surface area contributed by atoms with Gasteiger partial charge in [-0.25, -0.2) is 0 Å². The molecule has 2 aliphatic carbocycles. The van der Waals surface area contributed by atoms with E-state index >= 15 is 0 Å². The van der Waals surface area contributed by atoms with E-state index in [9.17, 15) is 14.7 Å². The van der Waals surface area contributed by atoms with Crippen molar-refractivity contribution >= 4 is 11.6 Å². The summed E-state index contributed by atoms with van der Waals surface area (Å²) in [7, 11) is 0. The molecule has 2 aliphatic heterocycles. The summed E-state index contributed by atoms with van der Waals surface area (Å²) in [5.74, 6) is 0.698. The first kappa shape index (κ1) is 32.9. The van der Waals surface area contributed by atoms with Crippen molar-refractivity contribution < 1.29 is 14.6 Å². The zero-order valence-corrected chi connectivity index (χ0v) is 28.5. The summed E-state index contributed by atoms with van der Waals surface area (Å²) in [5.41, 5.74) is 4.43. The number of pyridine rings is 1. The van der Waals surface area contributed by atoms with Crippen LogP contribution in [0, 0.1) is 0 Å². The number of carbonyl (C=O) groups is 1. The Morgan fingerprint density at radius 1 is 0.979 bits per heavy atom. The zero-order valence-electron chi connectivity index (χ0n) is 28.5. The third-order valence-corrected chi connectivity index (χ3v) is 11.4. The van der Waals surface area contributed by atoms with E-state index in [0.29, 0.717) is 24.2 Å². The number of ether oxygens (including phenoxy) is 1. The summed E-state index contributed by atoms with van der Waals surface area (Å²) in [4.78, 5) is 29.9. The number of aliphatic hydroxyl groups excluding tert-OH is 1. The molecule has 48 heavy (non-hydrogen) atoms. The van der Waals surface area contributed by atoms with Gasteiger partial charge in [-0.15, -0.1) is 0 Å². The standard InChI is InChI=1S/C40H52N4O4/c1-2-28-16-17-37-32(22-28)34(25-40(48-37)18-8-9-19-40)41-26-36(45)33(23-29-12-4-3-5-13-29)42-38(46)30-24-35(43-20-10-11-21-43)39(47)44(27-30)31-14-6-7-15-31/h3-5,12-13,16-17,22,24,27,31,33-34,36,41,45H,2,6-11,14-15,18-21,23,25-26H2,1H3,(H,42,46)/t33-,34?,36+/m0/s1. The number of hydrogen-bond acceptors (Lipinski definition) is 6. The molecule has 0 bridgehead atoms. The number of aliphatic hydroxyl groups is 1. The fourth-order valence-corrected chi connectivity index (χ4v) is 8.61. The minimum atomic E-state index is -0.840. The number of nitrogens with zero attached hydrogens (tertiary/aromatic N) is 2. The molecule has 256 valence electrons. The van der Waals surface area contributed by atoms with Gasteiger partial charge in [0.05, 0.1) is 17.7 Å². The first-order chi connectivity index (χ1) is 23.4. The van der Waals surface area contributed by atoms with E-state index in [1.165, 1.54) is 18.4 Å². The lowest BCUT2D eigenvalue weighted by Crippen LogP contribution is -2.50. The molecule has 0 radical (unpaired) electrons. The van der Waals surface area contributed by atoms with Gasteiger partial charge in [-0.3, -0.25) is 9.59 Å². The van der Waals surface area contributed by atoms with E-state index in [2.05, 4.69) is 40.7 Å². The molecule has 1 amide bonds. The van der Waals surface area contributed by atoms with E-state index in [0.717, 1.165) is 94.2 Å². The van der Waals surface area contributed by atoms with Crippen molar-refractivity contribution in [1.82, 2.24) is 15.2 Å². The number of carbonyl (C=O) groups excluding carboxylic acids is 1. The van der Waals surface area contributed by atoms with E-state index < -0.39 is 12.1 Å². The molecular formula is C40H52N4O4. The Bertz CT molecular complexity index is 1580. The molecule has 3 heterocycles. The Balaban J connectivity index is 1.13. The number of nitrogens with one attached hydrogen (secondary N) is 2. The van der Waals surface area contributed by atoms with Crippen molar-refractivity contribution in [3.8, 4) is 5.75 Å². The van der Waals surface area contributed by atoms with E-state index in [1.807, 2.05) is 34.9 Å². The molecule has 7 rings (SSSR count). The molecule has 2 aromatic carbocycles. The molecule has 8 nitrogen and oxygen atoms in total. The molecule has 2 saturated carbocycles. The molecule has 1 saturated heterocycles. The highest BCUT2D eigenvalue weighted by Gasteiger charge is 2.43. The second-order valence-electron chi connectivity index (χ2n) is 14.7. The van der Waals surface area contributed by atoms with Crippen LogP contribution < -0.4 is 25.8 Å². The molecule has 3 N–H and O–H groups in total. The quantitative estimate of drug-likeness (QED) is 0.227. The number of amides is 1. The highest BCUT2D eigenvalue weighted by Crippen LogP contribution is 2.47. The van der Waals surface area contributed by atoms with Gasteiger partial charge in [-0.1, -0.05) is 62.2 Å². The van der Waals surface area contributed by atoms with Gasteiger partial charge in [-0.05, 0) is 87.5 Å². The van der Waals surface area contributed by atoms with Crippen LogP contribution in [0.3, 0.4) is 0 Å². The van der Waals surface area contributed by atoms with Gasteiger partial charge in [-0.2, -0.15) is 0 Å². The highest BCUT2D eigenvalue weighted by molar-refractivity contribution is 5.95. The maximum absolute atomic E-state index is 14.1. The van der Waals surface area contributed by atoms with Crippen LogP contribution in [0.4, 0.5) is 5.69 Å². The summed E-state index contributed by atoms with van der Waals surface area (Å²) in [6.07, 6.45) is 13.9. The highest BCUT2D eigenvalue weighted by atomic mass is 16.5. The van der Waals surface area contributed by atoms with Crippen molar-refractivity contribution in [2.24, 2.45) is 0 Å². The Morgan fingerprint density at radius 3 is 2.46 bits per heavy atom. The van der Waals surface area contributed by atoms with Gasteiger partial charge in [0.1, 0.15) is 17.0 Å². The van der Waals surface area contributed by atoms with Crippen LogP contribution in [-0.2, 0) is 12.8 Å². The molecule has 8 heteroatoms. The summed E-state index contributed by atoms with van der Waals surface area (Å²) < 4.78 is 8.48. The monoisotopic (exact) mass is 652 g/mol. The van der Waals surface area contributed by atoms with Crippen LogP contribution in [-0.4, -0.2) is 53.0 Å². The smallest absolute Gasteiger partial charge is 0.274 e. The van der Waals surface area contributed by atoms with Crippen molar-refractivity contribution in [1.29, 1.82) is 0 Å². The first-order valence-electron chi connectivity index (χ1n) is 18.5. The molecule has 3 aromatic rings. The molecule has 1 spiro atoms. The minimum Gasteiger partial charge on any atom is -0.487 e. The van der Waals surface area contributed by atoms with Crippen LogP contribution in [0.1, 0.15) is 117 Å². The van der Waals surface area contributed by atoms with Gasteiger partial charge < -0.3 is 29.9 Å². The summed E-state index contributed by atoms with van der Waals surface area (Å²) in [6.45, 7) is 4.17. The number of hydrogen-bond donors (Lipinski definition) is 3. The number of aryl methyl sites for hydroxylation is 1. The SMILES string of the molecule is CCc1ccc2c(c1)C(NC[C@@H](O)[C@H](Cc1ccccc1)NC(=O)c1cc(N3CCCC3)c(=O)n(C3CCCC3)c1)CC1(CCCC1)O2. The lowest BCUT2D eigenvalue weighted by molar-refractivity contribution is 0.0326. The van der Waals surface area contributed by atoms with Crippen LogP contribution in [0.5, 0.6) is 5.75 Å². The van der Waals surface area contributed by atoms with Crippen LogP contribution in [0.25, 0.3) is 0 Å². The second kappa shape index (κ2) is 14.5. The van der Waals surface area contributed by atoms with Crippen LogP contribution in [0.2, 0.25) is 0 Å². The van der Waals surface area contributed by atoms with E-state index in [-0.39, 0.29) is 29.2 Å². The average Bonchev–Trinajstić information content (AvgIpc) is 3.92. The molecule has 1 aromatic heterocycles. The first-order valence-corrected chi connectivity index (χ1v) is 18.5. The Hall–Kier alpha value is -3.62. The number of rotatable bonds is 11. The summed E-state index contributed by atoms with van der Waals surface area (Å²) in [5, 5.41) is 18.8. The normalized spacial score (nSPS) is 21.6. The lowest BCUT2D eigenvalue weighted by atomic mass is 9.85. The third-order valence-electron chi connectivity index (χ3n) is 11.4. The second-order valence-corrected chi connectivity index (χ2v) is 14.7. The molecule has 4 aliphatic rings.